The zero-order valence-corrected chi connectivity index (χ0v) is 10.8. The summed E-state index contributed by atoms with van der Waals surface area (Å²) in [5.74, 6) is -0.339. The third-order valence-electron chi connectivity index (χ3n) is 2.76. The van der Waals surface area contributed by atoms with E-state index in [1.54, 1.807) is 0 Å². The summed E-state index contributed by atoms with van der Waals surface area (Å²) in [6, 6.07) is 0. The average Bonchev–Trinajstić information content (AvgIpc) is 2.11. The fourth-order valence-electron chi connectivity index (χ4n) is 1.58. The predicted molar refractivity (Wildman–Crippen MR) is 67.3 cm³/mol. The Balaban J connectivity index is 3.64. The Morgan fingerprint density at radius 2 is 2.00 bits per heavy atom. The van der Waals surface area contributed by atoms with E-state index in [0.717, 1.165) is 25.7 Å². The minimum absolute atomic E-state index is 0.0929. The van der Waals surface area contributed by atoms with Crippen molar-refractivity contribution in [2.75, 3.05) is 0 Å². The highest BCUT2D eigenvalue weighted by Crippen LogP contribution is 2.19. The van der Waals surface area contributed by atoms with Gasteiger partial charge in [-0.15, -0.1) is 0 Å². The Kier molecular flexibility index (Phi) is 6.34. The largest absolute Gasteiger partial charge is 0.478 e. The smallest absolute Gasteiger partial charge is 0.330 e. The van der Waals surface area contributed by atoms with Gasteiger partial charge in [-0.25, -0.2) is 4.79 Å². The normalized spacial score (nSPS) is 13.5. The van der Waals surface area contributed by atoms with Crippen LogP contribution in [0, 0.1) is 5.92 Å². The summed E-state index contributed by atoms with van der Waals surface area (Å²) in [7, 11) is 0. The van der Waals surface area contributed by atoms with E-state index in [-0.39, 0.29) is 5.54 Å². The van der Waals surface area contributed by atoms with Crippen molar-refractivity contribution in [1.29, 1.82) is 0 Å². The Morgan fingerprint density at radius 3 is 2.44 bits per heavy atom. The zero-order chi connectivity index (χ0) is 12.8. The first-order valence-corrected chi connectivity index (χ1v) is 5.92. The van der Waals surface area contributed by atoms with Gasteiger partial charge in [0.05, 0.1) is 0 Å². The molecule has 0 amide bonds. The second kappa shape index (κ2) is 6.69. The number of aliphatic carboxylic acids is 1. The SMILES string of the molecule is C=C(CCC(C)CCCC(C)(C)N)C(=O)O. The standard InChI is InChI=1S/C13H25NO2/c1-10(6-5-9-13(3,4)14)7-8-11(2)12(15)16/h10H,2,5-9,14H2,1,3-4H3,(H,15,16). The summed E-state index contributed by atoms with van der Waals surface area (Å²) in [4.78, 5) is 10.5. The van der Waals surface area contributed by atoms with E-state index in [0.29, 0.717) is 17.9 Å². The second-order valence-corrected chi connectivity index (χ2v) is 5.43. The summed E-state index contributed by atoms with van der Waals surface area (Å²) in [5.41, 5.74) is 6.11. The molecular weight excluding hydrogens is 202 g/mol. The van der Waals surface area contributed by atoms with Crippen LogP contribution in [0.1, 0.15) is 52.9 Å². The van der Waals surface area contributed by atoms with Crippen molar-refractivity contribution in [3.63, 3.8) is 0 Å². The first kappa shape index (κ1) is 15.2. The molecule has 0 rings (SSSR count). The van der Waals surface area contributed by atoms with Crippen LogP contribution in [0.3, 0.4) is 0 Å². The van der Waals surface area contributed by atoms with Crippen molar-refractivity contribution in [3.05, 3.63) is 12.2 Å². The van der Waals surface area contributed by atoms with E-state index in [1.807, 2.05) is 13.8 Å². The second-order valence-electron chi connectivity index (χ2n) is 5.43. The molecule has 0 saturated heterocycles. The molecule has 0 aliphatic heterocycles. The van der Waals surface area contributed by atoms with Gasteiger partial charge >= 0.3 is 5.97 Å². The van der Waals surface area contributed by atoms with Crippen molar-refractivity contribution in [3.8, 4) is 0 Å². The quantitative estimate of drug-likeness (QED) is 0.627. The van der Waals surface area contributed by atoms with Crippen LogP contribution in [0.15, 0.2) is 12.2 Å². The fraction of sp³-hybridized carbons (Fsp3) is 0.769. The van der Waals surface area contributed by atoms with Gasteiger partial charge in [-0.05, 0) is 39.0 Å². The summed E-state index contributed by atoms with van der Waals surface area (Å²) in [6.45, 7) is 9.74. The van der Waals surface area contributed by atoms with Crippen molar-refractivity contribution in [1.82, 2.24) is 0 Å². The van der Waals surface area contributed by atoms with Crippen LogP contribution in [0.2, 0.25) is 0 Å². The van der Waals surface area contributed by atoms with E-state index >= 15 is 0 Å². The number of carbonyl (C=O) groups is 1. The molecule has 1 atom stereocenters. The number of hydrogen-bond donors (Lipinski definition) is 2. The first-order valence-electron chi connectivity index (χ1n) is 5.92. The maximum absolute atomic E-state index is 10.5. The molecular formula is C13H25NO2. The molecule has 0 radical (unpaired) electrons. The lowest BCUT2D eigenvalue weighted by Crippen LogP contribution is -2.31. The van der Waals surface area contributed by atoms with E-state index in [4.69, 9.17) is 10.8 Å². The maximum atomic E-state index is 10.5. The lowest BCUT2D eigenvalue weighted by molar-refractivity contribution is -0.132. The lowest BCUT2D eigenvalue weighted by atomic mass is 9.92. The third-order valence-corrected chi connectivity index (χ3v) is 2.76. The summed E-state index contributed by atoms with van der Waals surface area (Å²) >= 11 is 0. The average molecular weight is 227 g/mol. The minimum atomic E-state index is -0.879. The Bertz CT molecular complexity index is 241. The van der Waals surface area contributed by atoms with E-state index < -0.39 is 5.97 Å². The van der Waals surface area contributed by atoms with E-state index in [1.165, 1.54) is 0 Å². The number of carboxylic acid groups (broad SMARTS) is 1. The molecule has 0 spiro atoms. The lowest BCUT2D eigenvalue weighted by Gasteiger charge is -2.19. The molecule has 3 N–H and O–H groups in total. The molecule has 0 aliphatic rings. The molecule has 3 heteroatoms. The van der Waals surface area contributed by atoms with Crippen molar-refractivity contribution in [2.45, 2.75) is 58.4 Å². The highest BCUT2D eigenvalue weighted by Gasteiger charge is 2.12. The molecule has 0 aromatic rings. The van der Waals surface area contributed by atoms with Crippen molar-refractivity contribution >= 4 is 5.97 Å². The van der Waals surface area contributed by atoms with Crippen LogP contribution in [-0.2, 0) is 4.79 Å². The molecule has 0 saturated carbocycles. The summed E-state index contributed by atoms with van der Waals surface area (Å²) in [5, 5.41) is 8.66. The highest BCUT2D eigenvalue weighted by atomic mass is 16.4. The molecule has 0 aromatic heterocycles. The number of hydrogen-bond acceptors (Lipinski definition) is 2. The van der Waals surface area contributed by atoms with Gasteiger partial charge in [-0.1, -0.05) is 26.3 Å². The Morgan fingerprint density at radius 1 is 1.44 bits per heavy atom. The van der Waals surface area contributed by atoms with Gasteiger partial charge in [0.15, 0.2) is 0 Å². The van der Waals surface area contributed by atoms with Gasteiger partial charge in [0.1, 0.15) is 0 Å². The third kappa shape index (κ3) is 8.48. The molecule has 0 aliphatic carbocycles. The van der Waals surface area contributed by atoms with Crippen molar-refractivity contribution in [2.24, 2.45) is 11.7 Å². The first-order chi connectivity index (χ1) is 7.22. The monoisotopic (exact) mass is 227 g/mol. The van der Waals surface area contributed by atoms with Gasteiger partial charge in [-0.3, -0.25) is 0 Å². The summed E-state index contributed by atoms with van der Waals surface area (Å²) < 4.78 is 0. The predicted octanol–water partition coefficient (Wildman–Crippen LogP) is 2.95. The zero-order valence-electron chi connectivity index (χ0n) is 10.8. The van der Waals surface area contributed by atoms with Gasteiger partial charge < -0.3 is 10.8 Å². The molecule has 16 heavy (non-hydrogen) atoms. The minimum Gasteiger partial charge on any atom is -0.478 e. The van der Waals surface area contributed by atoms with Crippen LogP contribution >= 0.6 is 0 Å². The van der Waals surface area contributed by atoms with E-state index in [2.05, 4.69) is 13.5 Å². The molecule has 0 heterocycles. The molecule has 3 nitrogen and oxygen atoms in total. The van der Waals surface area contributed by atoms with Crippen molar-refractivity contribution < 1.29 is 9.90 Å². The Labute approximate surface area is 98.7 Å². The molecule has 0 fully saturated rings. The van der Waals surface area contributed by atoms with Gasteiger partial charge in [0.25, 0.3) is 0 Å². The van der Waals surface area contributed by atoms with Gasteiger partial charge in [0, 0.05) is 11.1 Å². The van der Waals surface area contributed by atoms with E-state index in [9.17, 15) is 4.79 Å². The van der Waals surface area contributed by atoms with Crippen LogP contribution in [0.5, 0.6) is 0 Å². The number of rotatable bonds is 8. The topological polar surface area (TPSA) is 63.3 Å². The summed E-state index contributed by atoms with van der Waals surface area (Å²) in [6.07, 6.45) is 4.70. The van der Waals surface area contributed by atoms with Crippen LogP contribution < -0.4 is 5.73 Å². The molecule has 0 bridgehead atoms. The fourth-order valence-corrected chi connectivity index (χ4v) is 1.58. The molecule has 94 valence electrons. The van der Waals surface area contributed by atoms with Gasteiger partial charge in [0.2, 0.25) is 0 Å². The molecule has 0 aromatic carbocycles. The van der Waals surface area contributed by atoms with Crippen LogP contribution in [0.25, 0.3) is 0 Å². The van der Waals surface area contributed by atoms with Crippen LogP contribution in [-0.4, -0.2) is 16.6 Å². The van der Waals surface area contributed by atoms with Crippen LogP contribution in [0.4, 0.5) is 0 Å². The number of carboxylic acids is 1. The molecule has 1 unspecified atom stereocenters. The van der Waals surface area contributed by atoms with Gasteiger partial charge in [-0.2, -0.15) is 0 Å². The maximum Gasteiger partial charge on any atom is 0.330 e. The Hall–Kier alpha value is -0.830. The number of nitrogens with two attached hydrogens (primary N) is 1. The highest BCUT2D eigenvalue weighted by molar-refractivity contribution is 5.85.